The molecule has 0 unspecified atom stereocenters. The average molecular weight is 372 g/mol. The van der Waals surface area contributed by atoms with E-state index >= 15 is 0 Å². The minimum absolute atomic E-state index is 0.167. The van der Waals surface area contributed by atoms with Crippen LogP contribution in [0.25, 0.3) is 0 Å². The van der Waals surface area contributed by atoms with E-state index in [-0.39, 0.29) is 18.2 Å². The van der Waals surface area contributed by atoms with E-state index in [2.05, 4.69) is 26.6 Å². The summed E-state index contributed by atoms with van der Waals surface area (Å²) in [6, 6.07) is 16.0. The van der Waals surface area contributed by atoms with Gasteiger partial charge in [0.15, 0.2) is 0 Å². The summed E-state index contributed by atoms with van der Waals surface area (Å²) < 4.78 is 0.907. The Balaban J connectivity index is 1.99. The summed E-state index contributed by atoms with van der Waals surface area (Å²) in [5, 5.41) is 13.9. The number of amides is 2. The summed E-state index contributed by atoms with van der Waals surface area (Å²) in [7, 11) is 0. The van der Waals surface area contributed by atoms with Gasteiger partial charge in [0.25, 0.3) is 5.91 Å². The SMILES string of the molecule is N#CCC(=O)NCc1cccc(NC(=O)c2ccc(Br)cc2)c1. The van der Waals surface area contributed by atoms with Crippen molar-refractivity contribution in [2.24, 2.45) is 0 Å². The van der Waals surface area contributed by atoms with Crippen LogP contribution in [-0.4, -0.2) is 11.8 Å². The Labute approximate surface area is 142 Å². The van der Waals surface area contributed by atoms with Crippen LogP contribution in [0.15, 0.2) is 53.0 Å². The topological polar surface area (TPSA) is 82.0 Å². The summed E-state index contributed by atoms with van der Waals surface area (Å²) in [6.45, 7) is 0.308. The fourth-order valence-electron chi connectivity index (χ4n) is 1.90. The first-order valence-corrected chi connectivity index (χ1v) is 7.67. The first kappa shape index (κ1) is 16.7. The van der Waals surface area contributed by atoms with Crippen LogP contribution in [0.3, 0.4) is 0 Å². The molecule has 6 heteroatoms. The van der Waals surface area contributed by atoms with E-state index in [1.807, 2.05) is 6.07 Å². The van der Waals surface area contributed by atoms with Gasteiger partial charge in [0, 0.05) is 22.3 Å². The van der Waals surface area contributed by atoms with Crippen LogP contribution in [0.2, 0.25) is 0 Å². The molecule has 0 atom stereocenters. The zero-order chi connectivity index (χ0) is 16.7. The highest BCUT2D eigenvalue weighted by Gasteiger charge is 2.06. The molecule has 2 rings (SSSR count). The van der Waals surface area contributed by atoms with E-state index < -0.39 is 0 Å². The van der Waals surface area contributed by atoms with E-state index in [0.29, 0.717) is 17.8 Å². The number of carbonyl (C=O) groups is 2. The molecular weight excluding hydrogens is 358 g/mol. The molecule has 0 bridgehead atoms. The maximum absolute atomic E-state index is 12.2. The van der Waals surface area contributed by atoms with Crippen molar-refractivity contribution >= 4 is 33.4 Å². The Morgan fingerprint density at radius 1 is 1.13 bits per heavy atom. The molecule has 0 radical (unpaired) electrons. The third kappa shape index (κ3) is 5.24. The van der Waals surface area contributed by atoms with E-state index in [4.69, 9.17) is 5.26 Å². The van der Waals surface area contributed by atoms with Gasteiger partial charge in [-0.25, -0.2) is 0 Å². The second-order valence-electron chi connectivity index (χ2n) is 4.77. The number of halogens is 1. The largest absolute Gasteiger partial charge is 0.351 e. The number of benzene rings is 2. The lowest BCUT2D eigenvalue weighted by atomic mass is 10.1. The van der Waals surface area contributed by atoms with Crippen molar-refractivity contribution in [3.63, 3.8) is 0 Å². The fraction of sp³-hybridized carbons (Fsp3) is 0.118. The minimum atomic E-state index is -0.322. The Morgan fingerprint density at radius 3 is 2.57 bits per heavy atom. The fourth-order valence-corrected chi connectivity index (χ4v) is 2.16. The van der Waals surface area contributed by atoms with Crippen molar-refractivity contribution in [1.82, 2.24) is 5.32 Å². The van der Waals surface area contributed by atoms with Gasteiger partial charge in [-0.2, -0.15) is 5.26 Å². The molecule has 0 aliphatic carbocycles. The van der Waals surface area contributed by atoms with E-state index in [0.717, 1.165) is 10.0 Å². The molecule has 0 fully saturated rings. The van der Waals surface area contributed by atoms with Crippen molar-refractivity contribution in [3.05, 3.63) is 64.1 Å². The number of hydrogen-bond acceptors (Lipinski definition) is 3. The third-order valence-electron chi connectivity index (χ3n) is 3.02. The molecule has 2 aromatic rings. The smallest absolute Gasteiger partial charge is 0.255 e. The number of nitriles is 1. The minimum Gasteiger partial charge on any atom is -0.351 e. The number of carbonyl (C=O) groups excluding carboxylic acids is 2. The molecule has 0 aromatic heterocycles. The second kappa shape index (κ2) is 8.11. The van der Waals surface area contributed by atoms with Crippen LogP contribution in [0.5, 0.6) is 0 Å². The molecule has 0 saturated heterocycles. The molecule has 0 aliphatic heterocycles. The molecular formula is C17H14BrN3O2. The molecule has 5 nitrogen and oxygen atoms in total. The molecule has 23 heavy (non-hydrogen) atoms. The quantitative estimate of drug-likeness (QED) is 0.846. The predicted molar refractivity (Wildman–Crippen MR) is 90.6 cm³/mol. The lowest BCUT2D eigenvalue weighted by Crippen LogP contribution is -2.21. The van der Waals surface area contributed by atoms with Crippen LogP contribution in [0.4, 0.5) is 5.69 Å². The lowest BCUT2D eigenvalue weighted by Gasteiger charge is -2.08. The number of nitrogens with one attached hydrogen (secondary N) is 2. The summed E-state index contributed by atoms with van der Waals surface area (Å²) >= 11 is 3.32. The van der Waals surface area contributed by atoms with Gasteiger partial charge >= 0.3 is 0 Å². The molecule has 116 valence electrons. The summed E-state index contributed by atoms with van der Waals surface area (Å²) in [6.07, 6.45) is -0.167. The molecule has 0 saturated carbocycles. The first-order valence-electron chi connectivity index (χ1n) is 6.88. The number of hydrogen-bond donors (Lipinski definition) is 2. The summed E-state index contributed by atoms with van der Waals surface area (Å²) in [5.41, 5.74) is 2.04. The van der Waals surface area contributed by atoms with Gasteiger partial charge in [-0.1, -0.05) is 28.1 Å². The molecule has 2 amide bonds. The van der Waals surface area contributed by atoms with Gasteiger partial charge in [0.2, 0.25) is 5.91 Å². The van der Waals surface area contributed by atoms with Gasteiger partial charge < -0.3 is 10.6 Å². The van der Waals surface area contributed by atoms with Crippen LogP contribution in [0.1, 0.15) is 22.3 Å². The number of rotatable bonds is 5. The molecule has 2 aromatic carbocycles. The molecule has 0 heterocycles. The van der Waals surface area contributed by atoms with Crippen molar-refractivity contribution in [3.8, 4) is 6.07 Å². The molecule has 2 N–H and O–H groups in total. The highest BCUT2D eigenvalue weighted by Crippen LogP contribution is 2.14. The Kier molecular flexibility index (Phi) is 5.89. The predicted octanol–water partition coefficient (Wildman–Crippen LogP) is 3.23. The van der Waals surface area contributed by atoms with Crippen molar-refractivity contribution in [1.29, 1.82) is 5.26 Å². The molecule has 0 spiro atoms. The maximum Gasteiger partial charge on any atom is 0.255 e. The Hall–Kier alpha value is -2.65. The highest BCUT2D eigenvalue weighted by atomic mass is 79.9. The van der Waals surface area contributed by atoms with Crippen molar-refractivity contribution < 1.29 is 9.59 Å². The van der Waals surface area contributed by atoms with Crippen LogP contribution in [0, 0.1) is 11.3 Å². The van der Waals surface area contributed by atoms with Crippen molar-refractivity contribution in [2.45, 2.75) is 13.0 Å². The van der Waals surface area contributed by atoms with Gasteiger partial charge in [0.1, 0.15) is 6.42 Å². The average Bonchev–Trinajstić information content (AvgIpc) is 2.54. The maximum atomic E-state index is 12.2. The van der Waals surface area contributed by atoms with Gasteiger partial charge in [-0.15, -0.1) is 0 Å². The van der Waals surface area contributed by atoms with E-state index in [9.17, 15) is 9.59 Å². The van der Waals surface area contributed by atoms with Crippen molar-refractivity contribution in [2.75, 3.05) is 5.32 Å². The van der Waals surface area contributed by atoms with Gasteiger partial charge in [0.05, 0.1) is 6.07 Å². The molecule has 0 aliphatic rings. The lowest BCUT2D eigenvalue weighted by molar-refractivity contribution is -0.120. The van der Waals surface area contributed by atoms with E-state index in [1.165, 1.54) is 0 Å². The standard InChI is InChI=1S/C17H14BrN3O2/c18-14-6-4-13(5-7-14)17(23)21-15-3-1-2-12(10-15)11-20-16(22)8-9-19/h1-7,10H,8,11H2,(H,20,22)(H,21,23). The van der Waals surface area contributed by atoms with Crippen LogP contribution < -0.4 is 10.6 Å². The van der Waals surface area contributed by atoms with Gasteiger partial charge in [-0.3, -0.25) is 9.59 Å². The summed E-state index contributed by atoms with van der Waals surface area (Å²) in [5.74, 6) is -0.528. The third-order valence-corrected chi connectivity index (χ3v) is 3.55. The number of nitrogens with zero attached hydrogens (tertiary/aromatic N) is 1. The monoisotopic (exact) mass is 371 g/mol. The zero-order valence-corrected chi connectivity index (χ0v) is 13.8. The zero-order valence-electron chi connectivity index (χ0n) is 12.2. The Bertz CT molecular complexity index is 751. The summed E-state index contributed by atoms with van der Waals surface area (Å²) in [4.78, 5) is 23.4. The van der Waals surface area contributed by atoms with Gasteiger partial charge in [-0.05, 0) is 42.0 Å². The second-order valence-corrected chi connectivity index (χ2v) is 5.69. The normalized spacial score (nSPS) is 9.74. The van der Waals surface area contributed by atoms with E-state index in [1.54, 1.807) is 48.5 Å². The first-order chi connectivity index (χ1) is 11.1. The highest BCUT2D eigenvalue weighted by molar-refractivity contribution is 9.10. The van der Waals surface area contributed by atoms with Crippen LogP contribution in [-0.2, 0) is 11.3 Å². The Morgan fingerprint density at radius 2 is 1.87 bits per heavy atom. The van der Waals surface area contributed by atoms with Crippen LogP contribution >= 0.6 is 15.9 Å². The number of anilines is 1.